The van der Waals surface area contributed by atoms with Crippen molar-refractivity contribution in [1.82, 2.24) is 10.3 Å². The lowest BCUT2D eigenvalue weighted by atomic mass is 10.1. The Kier molecular flexibility index (Phi) is 5.74. The van der Waals surface area contributed by atoms with Gasteiger partial charge in [-0.3, -0.25) is 4.79 Å². The molecule has 0 aliphatic carbocycles. The van der Waals surface area contributed by atoms with Crippen LogP contribution in [-0.4, -0.2) is 17.4 Å². The number of carbonyl (C=O) groups excluding carboxylic acids is 1. The minimum absolute atomic E-state index is 0.121. The van der Waals surface area contributed by atoms with Crippen molar-refractivity contribution in [3.63, 3.8) is 0 Å². The lowest BCUT2D eigenvalue weighted by molar-refractivity contribution is 0.0947. The molecule has 0 saturated heterocycles. The molecular formula is C19H25N3O. The van der Waals surface area contributed by atoms with Gasteiger partial charge in [0.1, 0.15) is 5.69 Å². The molecule has 0 bridgehead atoms. The van der Waals surface area contributed by atoms with Crippen LogP contribution in [-0.2, 0) is 0 Å². The maximum Gasteiger partial charge on any atom is 0.269 e. The van der Waals surface area contributed by atoms with Crippen LogP contribution in [0.3, 0.4) is 0 Å². The molecule has 0 fully saturated rings. The van der Waals surface area contributed by atoms with Crippen LogP contribution in [0.4, 0.5) is 11.4 Å². The van der Waals surface area contributed by atoms with E-state index < -0.39 is 0 Å². The Bertz CT molecular complexity index is 663. The second-order valence-corrected chi connectivity index (χ2v) is 6.24. The van der Waals surface area contributed by atoms with Gasteiger partial charge in [0.15, 0.2) is 0 Å². The summed E-state index contributed by atoms with van der Waals surface area (Å²) >= 11 is 0. The Hall–Kier alpha value is -2.36. The van der Waals surface area contributed by atoms with E-state index in [-0.39, 0.29) is 5.91 Å². The average Bonchev–Trinajstić information content (AvgIpc) is 2.52. The molecule has 0 unspecified atom stereocenters. The number of hydrogen-bond acceptors (Lipinski definition) is 3. The van der Waals surface area contributed by atoms with Crippen molar-refractivity contribution < 1.29 is 4.79 Å². The molecule has 2 aromatic rings. The highest BCUT2D eigenvalue weighted by atomic mass is 16.1. The Morgan fingerprint density at radius 2 is 1.96 bits per heavy atom. The number of carbonyl (C=O) groups is 1. The number of anilines is 2. The van der Waals surface area contributed by atoms with Crippen molar-refractivity contribution in [2.24, 2.45) is 5.92 Å². The van der Waals surface area contributed by atoms with Gasteiger partial charge in [0.2, 0.25) is 0 Å². The first-order chi connectivity index (χ1) is 11.0. The van der Waals surface area contributed by atoms with Crippen molar-refractivity contribution >= 4 is 17.3 Å². The second kappa shape index (κ2) is 7.77. The van der Waals surface area contributed by atoms with E-state index in [1.165, 1.54) is 11.1 Å². The number of pyridine rings is 1. The zero-order valence-corrected chi connectivity index (χ0v) is 14.3. The number of amides is 1. The summed E-state index contributed by atoms with van der Waals surface area (Å²) in [5.74, 6) is 0.455. The Labute approximate surface area is 138 Å². The number of rotatable bonds is 6. The maximum atomic E-state index is 12.0. The third-order valence-corrected chi connectivity index (χ3v) is 3.89. The first-order valence-corrected chi connectivity index (χ1v) is 8.05. The monoisotopic (exact) mass is 311 g/mol. The second-order valence-electron chi connectivity index (χ2n) is 6.24. The summed E-state index contributed by atoms with van der Waals surface area (Å²) in [6.45, 7) is 9.13. The number of nitrogens with zero attached hydrogens (tertiary/aromatic N) is 1. The number of benzene rings is 1. The summed E-state index contributed by atoms with van der Waals surface area (Å²) in [7, 11) is 0. The molecule has 0 atom stereocenters. The normalized spacial score (nSPS) is 10.7. The Balaban J connectivity index is 1.99. The maximum absolute atomic E-state index is 12.0. The number of hydrogen-bond donors (Lipinski definition) is 2. The van der Waals surface area contributed by atoms with E-state index in [1.54, 1.807) is 12.3 Å². The van der Waals surface area contributed by atoms with Crippen LogP contribution in [0.15, 0.2) is 36.5 Å². The molecule has 0 aliphatic heterocycles. The summed E-state index contributed by atoms with van der Waals surface area (Å²) in [6.07, 6.45) is 2.66. The summed E-state index contributed by atoms with van der Waals surface area (Å²) < 4.78 is 0. The van der Waals surface area contributed by atoms with Gasteiger partial charge in [-0.05, 0) is 55.5 Å². The predicted octanol–water partition coefficient (Wildman–Crippen LogP) is 4.22. The van der Waals surface area contributed by atoms with Crippen LogP contribution in [0.1, 0.15) is 41.9 Å². The van der Waals surface area contributed by atoms with Crippen LogP contribution in [0.25, 0.3) is 0 Å². The van der Waals surface area contributed by atoms with Gasteiger partial charge in [-0.1, -0.05) is 26.0 Å². The smallest absolute Gasteiger partial charge is 0.269 e. The highest BCUT2D eigenvalue weighted by Crippen LogP contribution is 2.22. The number of nitrogens with one attached hydrogen (secondary N) is 2. The highest BCUT2D eigenvalue weighted by molar-refractivity contribution is 5.92. The topological polar surface area (TPSA) is 54.0 Å². The number of aryl methyl sites for hydroxylation is 1. The SMILES string of the molecule is Cc1cccc(Nc2ccc(C(=O)NCCC(C)C)nc2)c1C. The lowest BCUT2D eigenvalue weighted by Crippen LogP contribution is -2.26. The summed E-state index contributed by atoms with van der Waals surface area (Å²) in [5.41, 5.74) is 4.82. The van der Waals surface area contributed by atoms with E-state index in [0.717, 1.165) is 17.8 Å². The van der Waals surface area contributed by atoms with Crippen molar-refractivity contribution in [3.8, 4) is 0 Å². The molecule has 122 valence electrons. The summed E-state index contributed by atoms with van der Waals surface area (Å²) in [4.78, 5) is 16.3. The van der Waals surface area contributed by atoms with Gasteiger partial charge in [-0.2, -0.15) is 0 Å². The van der Waals surface area contributed by atoms with Crippen LogP contribution >= 0.6 is 0 Å². The number of aromatic nitrogens is 1. The van der Waals surface area contributed by atoms with Gasteiger partial charge in [-0.25, -0.2) is 4.98 Å². The Morgan fingerprint density at radius 3 is 2.61 bits per heavy atom. The molecule has 1 amide bonds. The minimum Gasteiger partial charge on any atom is -0.354 e. The van der Waals surface area contributed by atoms with E-state index in [0.29, 0.717) is 18.2 Å². The third kappa shape index (κ3) is 4.81. The fourth-order valence-electron chi connectivity index (χ4n) is 2.21. The molecule has 1 aromatic carbocycles. The van der Waals surface area contributed by atoms with E-state index >= 15 is 0 Å². The molecule has 4 nitrogen and oxygen atoms in total. The van der Waals surface area contributed by atoms with Crippen molar-refractivity contribution in [1.29, 1.82) is 0 Å². The fourth-order valence-corrected chi connectivity index (χ4v) is 2.21. The molecule has 0 saturated carbocycles. The molecular weight excluding hydrogens is 286 g/mol. The third-order valence-electron chi connectivity index (χ3n) is 3.89. The van der Waals surface area contributed by atoms with E-state index in [1.807, 2.05) is 18.2 Å². The molecule has 2 N–H and O–H groups in total. The highest BCUT2D eigenvalue weighted by Gasteiger charge is 2.07. The lowest BCUT2D eigenvalue weighted by Gasteiger charge is -2.11. The van der Waals surface area contributed by atoms with Crippen molar-refractivity contribution in [2.45, 2.75) is 34.1 Å². The quantitative estimate of drug-likeness (QED) is 0.840. The van der Waals surface area contributed by atoms with E-state index in [4.69, 9.17) is 0 Å². The fraction of sp³-hybridized carbons (Fsp3) is 0.368. The zero-order valence-electron chi connectivity index (χ0n) is 14.3. The molecule has 23 heavy (non-hydrogen) atoms. The van der Waals surface area contributed by atoms with Gasteiger partial charge < -0.3 is 10.6 Å². The molecule has 0 radical (unpaired) electrons. The van der Waals surface area contributed by atoms with Gasteiger partial charge in [0.25, 0.3) is 5.91 Å². The Morgan fingerprint density at radius 1 is 1.17 bits per heavy atom. The first kappa shape index (κ1) is 17.0. The molecule has 2 rings (SSSR count). The van der Waals surface area contributed by atoms with Gasteiger partial charge in [0, 0.05) is 12.2 Å². The molecule has 0 spiro atoms. The zero-order chi connectivity index (χ0) is 16.8. The molecule has 1 aromatic heterocycles. The van der Waals surface area contributed by atoms with Gasteiger partial charge in [0.05, 0.1) is 11.9 Å². The summed E-state index contributed by atoms with van der Waals surface area (Å²) in [5, 5.41) is 6.24. The standard InChI is InChI=1S/C19H25N3O/c1-13(2)10-11-20-19(23)18-9-8-16(12-21-18)22-17-7-5-6-14(3)15(17)4/h5-9,12-13,22H,10-11H2,1-4H3,(H,20,23). The summed E-state index contributed by atoms with van der Waals surface area (Å²) in [6, 6.07) is 9.77. The van der Waals surface area contributed by atoms with Crippen LogP contribution in [0.5, 0.6) is 0 Å². The molecule has 4 heteroatoms. The largest absolute Gasteiger partial charge is 0.354 e. The average molecular weight is 311 g/mol. The molecule has 0 aliphatic rings. The van der Waals surface area contributed by atoms with Crippen LogP contribution in [0, 0.1) is 19.8 Å². The van der Waals surface area contributed by atoms with Crippen molar-refractivity contribution in [3.05, 3.63) is 53.3 Å². The van der Waals surface area contributed by atoms with Gasteiger partial charge >= 0.3 is 0 Å². The first-order valence-electron chi connectivity index (χ1n) is 8.05. The minimum atomic E-state index is -0.121. The van der Waals surface area contributed by atoms with Crippen molar-refractivity contribution in [2.75, 3.05) is 11.9 Å². The van der Waals surface area contributed by atoms with E-state index in [2.05, 4.69) is 49.4 Å². The van der Waals surface area contributed by atoms with E-state index in [9.17, 15) is 4.79 Å². The van der Waals surface area contributed by atoms with Crippen LogP contribution in [0.2, 0.25) is 0 Å². The molecule has 1 heterocycles. The van der Waals surface area contributed by atoms with Crippen LogP contribution < -0.4 is 10.6 Å². The van der Waals surface area contributed by atoms with Gasteiger partial charge in [-0.15, -0.1) is 0 Å². The predicted molar refractivity (Wildman–Crippen MR) is 95.2 cm³/mol.